The summed E-state index contributed by atoms with van der Waals surface area (Å²) in [4.78, 5) is 11.1. The Morgan fingerprint density at radius 3 is 2.65 bits per heavy atom. The molecule has 0 saturated carbocycles. The predicted octanol–water partition coefficient (Wildman–Crippen LogP) is 2.61. The molecule has 140 valence electrons. The number of para-hydroxylation sites is 1. The van der Waals surface area contributed by atoms with Gasteiger partial charge in [-0.1, -0.05) is 37.3 Å². The smallest absolute Gasteiger partial charge is 0.377 e. The number of carbonyl (C=O) groups excluding carboxylic acids is 1. The van der Waals surface area contributed by atoms with Crippen molar-refractivity contribution in [3.05, 3.63) is 41.3 Å². The minimum atomic E-state index is -3.42. The van der Waals surface area contributed by atoms with Crippen LogP contribution in [0.1, 0.15) is 38.2 Å². The Labute approximate surface area is 152 Å². The van der Waals surface area contributed by atoms with Crippen molar-refractivity contribution < 1.29 is 28.2 Å². The lowest BCUT2D eigenvalue weighted by Gasteiger charge is -2.09. The van der Waals surface area contributed by atoms with Gasteiger partial charge in [-0.15, -0.1) is 0 Å². The van der Waals surface area contributed by atoms with E-state index in [0.717, 1.165) is 6.42 Å². The number of cyclic esters (lactones) is 1. The molecule has 1 atom stereocenters. The molecule has 0 saturated heterocycles. The summed E-state index contributed by atoms with van der Waals surface area (Å²) in [6.45, 7) is 1.92. The van der Waals surface area contributed by atoms with Crippen LogP contribution in [0.25, 0.3) is 0 Å². The van der Waals surface area contributed by atoms with E-state index in [-0.39, 0.29) is 18.6 Å². The fourth-order valence-corrected chi connectivity index (χ4v) is 3.57. The number of nitrogens with one attached hydrogen (secondary N) is 1. The first-order chi connectivity index (χ1) is 12.3. The second-order valence-corrected chi connectivity index (χ2v) is 7.63. The van der Waals surface area contributed by atoms with Crippen LogP contribution in [0.15, 0.2) is 35.8 Å². The average Bonchev–Trinajstić information content (AvgIpc) is 2.85. The van der Waals surface area contributed by atoms with Gasteiger partial charge in [-0.05, 0) is 18.6 Å². The molecule has 0 radical (unpaired) electrons. The van der Waals surface area contributed by atoms with Gasteiger partial charge in [-0.3, -0.25) is 4.72 Å². The summed E-state index contributed by atoms with van der Waals surface area (Å²) >= 11 is 0. The van der Waals surface area contributed by atoms with Crippen LogP contribution in [-0.2, 0) is 19.6 Å². The van der Waals surface area contributed by atoms with Gasteiger partial charge in [0.05, 0.1) is 11.4 Å². The Morgan fingerprint density at radius 2 is 2.00 bits per heavy atom. The highest BCUT2D eigenvalue weighted by Crippen LogP contribution is 2.22. The van der Waals surface area contributed by atoms with E-state index in [1.165, 1.54) is 0 Å². The summed E-state index contributed by atoms with van der Waals surface area (Å²) in [5.74, 6) is 3.58. The van der Waals surface area contributed by atoms with E-state index in [0.29, 0.717) is 17.7 Å². The summed E-state index contributed by atoms with van der Waals surface area (Å²) in [6.07, 6.45) is 0.961. The van der Waals surface area contributed by atoms with Crippen molar-refractivity contribution in [1.29, 1.82) is 0 Å². The summed E-state index contributed by atoms with van der Waals surface area (Å²) < 4.78 is 31.4. The summed E-state index contributed by atoms with van der Waals surface area (Å²) in [6, 6.07) is 6.80. The zero-order chi connectivity index (χ0) is 19.2. The number of hydrogen-bond acceptors (Lipinski definition) is 6. The van der Waals surface area contributed by atoms with Gasteiger partial charge in [0.15, 0.2) is 11.9 Å². The van der Waals surface area contributed by atoms with E-state index in [2.05, 4.69) is 16.6 Å². The highest BCUT2D eigenvalue weighted by Gasteiger charge is 2.33. The molecule has 1 heterocycles. The topological polar surface area (TPSA) is 113 Å². The maximum absolute atomic E-state index is 12.0. The highest BCUT2D eigenvalue weighted by molar-refractivity contribution is 7.92. The Kier molecular flexibility index (Phi) is 6.52. The molecule has 0 aromatic heterocycles. The lowest BCUT2D eigenvalue weighted by Crippen LogP contribution is -2.17. The number of aliphatic hydroxyl groups excluding tert-OH is 2. The number of rotatable bonds is 7. The Bertz CT molecular complexity index is 863. The molecule has 1 aliphatic rings. The molecule has 0 aliphatic carbocycles. The second kappa shape index (κ2) is 8.63. The molecule has 7 nitrogen and oxygen atoms in total. The van der Waals surface area contributed by atoms with Crippen molar-refractivity contribution in [3.63, 3.8) is 0 Å². The number of anilines is 1. The Hall–Kier alpha value is -2.66. The first-order valence-corrected chi connectivity index (χ1v) is 9.90. The van der Waals surface area contributed by atoms with Crippen LogP contribution >= 0.6 is 0 Å². The minimum absolute atomic E-state index is 0.0490. The molecule has 1 unspecified atom stereocenters. The van der Waals surface area contributed by atoms with Crippen molar-refractivity contribution >= 4 is 21.7 Å². The number of ether oxygens (including phenoxy) is 1. The zero-order valence-electron chi connectivity index (χ0n) is 14.4. The van der Waals surface area contributed by atoms with E-state index < -0.39 is 33.6 Å². The molecule has 1 aromatic rings. The van der Waals surface area contributed by atoms with Gasteiger partial charge in [0, 0.05) is 18.4 Å². The van der Waals surface area contributed by atoms with Crippen LogP contribution in [0.3, 0.4) is 0 Å². The maximum Gasteiger partial charge on any atom is 0.377 e. The maximum atomic E-state index is 12.0. The standard InChI is InChI=1S/C18H21NO6S/c1-2-3-12-26(23,24)19-14-10-6-4-8-13(14)9-5-7-11-15-16(20)17(21)18(22)25-15/h4,6,8,10,15,19-21H,2-3,7,11-12H2,1H3. The number of hydrogen-bond donors (Lipinski definition) is 3. The average molecular weight is 379 g/mol. The van der Waals surface area contributed by atoms with Crippen molar-refractivity contribution in [2.75, 3.05) is 10.5 Å². The number of unbranched alkanes of at least 4 members (excludes halogenated alkanes) is 1. The zero-order valence-corrected chi connectivity index (χ0v) is 15.2. The molecule has 0 amide bonds. The third-order valence-electron chi connectivity index (χ3n) is 3.70. The highest BCUT2D eigenvalue weighted by atomic mass is 32.2. The van der Waals surface area contributed by atoms with E-state index >= 15 is 0 Å². The molecule has 26 heavy (non-hydrogen) atoms. The summed E-state index contributed by atoms with van der Waals surface area (Å²) in [7, 11) is -3.42. The third kappa shape index (κ3) is 5.17. The Balaban J connectivity index is 2.01. The van der Waals surface area contributed by atoms with Crippen molar-refractivity contribution in [3.8, 4) is 11.8 Å². The fourth-order valence-electron chi connectivity index (χ4n) is 2.29. The van der Waals surface area contributed by atoms with Crippen LogP contribution < -0.4 is 4.72 Å². The van der Waals surface area contributed by atoms with E-state index in [4.69, 9.17) is 4.74 Å². The Morgan fingerprint density at radius 1 is 1.27 bits per heavy atom. The lowest BCUT2D eigenvalue weighted by atomic mass is 10.1. The minimum Gasteiger partial charge on any atom is -0.505 e. The largest absolute Gasteiger partial charge is 0.505 e. The van der Waals surface area contributed by atoms with Gasteiger partial charge < -0.3 is 14.9 Å². The van der Waals surface area contributed by atoms with Crippen LogP contribution in [-0.4, -0.2) is 36.5 Å². The van der Waals surface area contributed by atoms with Gasteiger partial charge in [0.25, 0.3) is 0 Å². The quantitative estimate of drug-likeness (QED) is 0.496. The number of carbonyl (C=O) groups is 1. The van der Waals surface area contributed by atoms with E-state index in [9.17, 15) is 23.4 Å². The molecule has 0 spiro atoms. The molecule has 3 N–H and O–H groups in total. The normalized spacial score (nSPS) is 16.8. The van der Waals surface area contributed by atoms with Crippen LogP contribution in [0, 0.1) is 11.8 Å². The lowest BCUT2D eigenvalue weighted by molar-refractivity contribution is -0.142. The van der Waals surface area contributed by atoms with Gasteiger partial charge in [-0.2, -0.15) is 0 Å². The molecule has 0 fully saturated rings. The summed E-state index contributed by atoms with van der Waals surface area (Å²) in [5.41, 5.74) is 0.933. The van der Waals surface area contributed by atoms with Gasteiger partial charge >= 0.3 is 5.97 Å². The summed E-state index contributed by atoms with van der Waals surface area (Å²) in [5, 5.41) is 18.8. The van der Waals surface area contributed by atoms with Gasteiger partial charge in [0.2, 0.25) is 15.8 Å². The molecule has 2 rings (SSSR count). The van der Waals surface area contributed by atoms with E-state index in [1.54, 1.807) is 24.3 Å². The molecule has 8 heteroatoms. The van der Waals surface area contributed by atoms with Gasteiger partial charge in [-0.25, -0.2) is 13.2 Å². The fraction of sp³-hybridized carbons (Fsp3) is 0.389. The van der Waals surface area contributed by atoms with Crippen LogP contribution in [0.2, 0.25) is 0 Å². The second-order valence-electron chi connectivity index (χ2n) is 5.79. The van der Waals surface area contributed by atoms with Crippen molar-refractivity contribution in [2.45, 2.75) is 38.7 Å². The number of esters is 1. The number of aliphatic hydroxyl groups is 2. The SMILES string of the molecule is CCCCS(=O)(=O)Nc1ccccc1C#CCCC1OC(=O)C(O)=C1O. The monoisotopic (exact) mass is 379 g/mol. The molecule has 1 aromatic carbocycles. The predicted molar refractivity (Wildman–Crippen MR) is 97.0 cm³/mol. The van der Waals surface area contributed by atoms with Crippen LogP contribution in [0.4, 0.5) is 5.69 Å². The van der Waals surface area contributed by atoms with Crippen molar-refractivity contribution in [1.82, 2.24) is 0 Å². The third-order valence-corrected chi connectivity index (χ3v) is 5.06. The number of sulfonamides is 1. The molecule has 1 aliphatic heterocycles. The molecular weight excluding hydrogens is 358 g/mol. The number of benzene rings is 1. The first kappa shape index (κ1) is 19.7. The molecule has 0 bridgehead atoms. The molecular formula is C18H21NO6S. The van der Waals surface area contributed by atoms with E-state index in [1.807, 2.05) is 6.92 Å². The van der Waals surface area contributed by atoms with Gasteiger partial charge in [0.1, 0.15) is 0 Å². The first-order valence-electron chi connectivity index (χ1n) is 8.25. The van der Waals surface area contributed by atoms with Crippen LogP contribution in [0.5, 0.6) is 0 Å². The van der Waals surface area contributed by atoms with Crippen molar-refractivity contribution in [2.24, 2.45) is 0 Å².